The third-order valence-corrected chi connectivity index (χ3v) is 0.927. The minimum atomic E-state index is -0.0139. The Kier molecular flexibility index (Phi) is 10.0. The van der Waals surface area contributed by atoms with E-state index in [2.05, 4.69) is 6.92 Å². The van der Waals surface area contributed by atoms with E-state index >= 15 is 0 Å². The minimum Gasteiger partial charge on any atom is -1.00 e. The van der Waals surface area contributed by atoms with Crippen LogP contribution < -0.4 is 17.0 Å². The van der Waals surface area contributed by atoms with E-state index in [9.17, 15) is 0 Å². The van der Waals surface area contributed by atoms with E-state index in [1.807, 2.05) is 0 Å². The summed E-state index contributed by atoms with van der Waals surface area (Å²) in [5.74, 6) is 0. The van der Waals surface area contributed by atoms with Gasteiger partial charge in [0, 0.05) is 19.5 Å². The molecule has 0 saturated carbocycles. The van der Waals surface area contributed by atoms with Crippen LogP contribution in [-0.2, 0) is 29.0 Å². The molecule has 0 aromatic carbocycles. The van der Waals surface area contributed by atoms with Crippen molar-refractivity contribution in [3.8, 4) is 0 Å². The van der Waals surface area contributed by atoms with Crippen LogP contribution in [0.1, 0.15) is 6.42 Å². The second kappa shape index (κ2) is 7.13. The summed E-state index contributed by atoms with van der Waals surface area (Å²) in [7, 11) is 0. The van der Waals surface area contributed by atoms with Gasteiger partial charge < -0.3 is 26.5 Å². The molecule has 0 amide bonds. The molecule has 1 heterocycles. The summed E-state index contributed by atoms with van der Waals surface area (Å²) >= 11 is 0. The van der Waals surface area contributed by atoms with E-state index in [4.69, 9.17) is 9.47 Å². The van der Waals surface area contributed by atoms with Crippen molar-refractivity contribution in [3.05, 3.63) is 6.92 Å². The van der Waals surface area contributed by atoms with E-state index < -0.39 is 0 Å². The Hall–Kier alpha value is 1.02. The van der Waals surface area contributed by atoms with Gasteiger partial charge in [0.05, 0.1) is 13.2 Å². The van der Waals surface area contributed by atoms with Gasteiger partial charge in [-0.25, -0.2) is 0 Å². The Bertz CT molecular complexity index is 56.9. The molecule has 0 bridgehead atoms. The first-order chi connectivity index (χ1) is 3.43. The maximum Gasteiger partial charge on any atom is 0.157 e. The van der Waals surface area contributed by atoms with Crippen LogP contribution in [0.4, 0.5) is 0 Å². The zero-order chi connectivity index (χ0) is 5.11. The summed E-state index contributed by atoms with van der Waals surface area (Å²) in [5.41, 5.74) is 0. The van der Waals surface area contributed by atoms with Crippen LogP contribution in [0.25, 0.3) is 0 Å². The Balaban J connectivity index is 0. The molecule has 1 fully saturated rings. The molecule has 0 unspecified atom stereocenters. The molecule has 0 aliphatic carbocycles. The molecule has 51 valence electrons. The zero-order valence-electron chi connectivity index (χ0n) is 5.31. The molecule has 1 rings (SSSR count). The van der Waals surface area contributed by atoms with Crippen molar-refractivity contribution in [2.24, 2.45) is 0 Å². The van der Waals surface area contributed by atoms with E-state index in [1.54, 1.807) is 0 Å². The standard InChI is InChI=1S/C5H9O2.BrH.Zn/c1-2-5-6-3-4-7-5;;/h5H,1-4H2;1H;/p-1. The number of rotatable bonds is 1. The molecule has 2 nitrogen and oxygen atoms in total. The smallest absolute Gasteiger partial charge is 0.157 e. The molecule has 9 heavy (non-hydrogen) atoms. The largest absolute Gasteiger partial charge is 1.00 e. The average Bonchev–Trinajstić information content (AvgIpc) is 2.14. The number of hydrogen-bond donors (Lipinski definition) is 0. The molecule has 4 heteroatoms. The van der Waals surface area contributed by atoms with Gasteiger partial charge in [0.1, 0.15) is 0 Å². The van der Waals surface area contributed by atoms with Crippen LogP contribution in [-0.4, -0.2) is 19.5 Å². The molecule has 1 radical (unpaired) electrons. The van der Waals surface area contributed by atoms with Crippen molar-refractivity contribution in [2.45, 2.75) is 12.7 Å². The third-order valence-electron chi connectivity index (χ3n) is 0.927. The summed E-state index contributed by atoms with van der Waals surface area (Å²) < 4.78 is 10.0. The van der Waals surface area contributed by atoms with Gasteiger partial charge in [0.25, 0.3) is 0 Å². The quantitative estimate of drug-likeness (QED) is 0.480. The van der Waals surface area contributed by atoms with Gasteiger partial charge in [-0.1, -0.05) is 0 Å². The fraction of sp³-hybridized carbons (Fsp3) is 0.800. The molecule has 0 N–H and O–H groups in total. The van der Waals surface area contributed by atoms with Gasteiger partial charge in [0.2, 0.25) is 0 Å². The topological polar surface area (TPSA) is 18.5 Å². The van der Waals surface area contributed by atoms with E-state index in [0.717, 1.165) is 19.6 Å². The summed E-state index contributed by atoms with van der Waals surface area (Å²) in [6, 6.07) is 0. The van der Waals surface area contributed by atoms with E-state index in [1.165, 1.54) is 0 Å². The average molecular weight is 246 g/mol. The number of hydrogen-bond acceptors (Lipinski definition) is 2. The summed E-state index contributed by atoms with van der Waals surface area (Å²) in [5, 5.41) is 0. The van der Waals surface area contributed by atoms with Gasteiger partial charge in [-0.05, 0) is 13.3 Å². The fourth-order valence-electron chi connectivity index (χ4n) is 0.574. The van der Waals surface area contributed by atoms with Crippen LogP contribution >= 0.6 is 0 Å². The van der Waals surface area contributed by atoms with Gasteiger partial charge in [-0.2, -0.15) is 0 Å². The van der Waals surface area contributed by atoms with E-state index in [-0.39, 0.29) is 42.7 Å². The molecule has 0 aromatic heterocycles. The van der Waals surface area contributed by atoms with Crippen LogP contribution in [0.2, 0.25) is 0 Å². The van der Waals surface area contributed by atoms with Crippen LogP contribution in [0.5, 0.6) is 0 Å². The molecular weight excluding hydrogens is 237 g/mol. The van der Waals surface area contributed by atoms with Gasteiger partial charge >= 0.3 is 0 Å². The van der Waals surface area contributed by atoms with Crippen LogP contribution in [0, 0.1) is 6.92 Å². The second-order valence-electron chi connectivity index (χ2n) is 1.46. The number of halogens is 1. The van der Waals surface area contributed by atoms with Crippen molar-refractivity contribution < 1.29 is 45.9 Å². The SMILES string of the molecule is [Br-].[CH2]CC1OCCO1.[Zn]. The van der Waals surface area contributed by atoms with Crippen molar-refractivity contribution in [2.75, 3.05) is 13.2 Å². The second-order valence-corrected chi connectivity index (χ2v) is 1.46. The van der Waals surface area contributed by atoms with Gasteiger partial charge in [-0.3, -0.25) is 0 Å². The predicted molar refractivity (Wildman–Crippen MR) is 25.7 cm³/mol. The summed E-state index contributed by atoms with van der Waals surface area (Å²) in [4.78, 5) is 0. The molecule has 1 saturated heterocycles. The normalized spacial score (nSPS) is 18.3. The van der Waals surface area contributed by atoms with Gasteiger partial charge in [-0.15, -0.1) is 0 Å². The minimum absolute atomic E-state index is 0. The van der Waals surface area contributed by atoms with Crippen LogP contribution in [0.3, 0.4) is 0 Å². The van der Waals surface area contributed by atoms with Crippen molar-refractivity contribution in [1.82, 2.24) is 0 Å². The van der Waals surface area contributed by atoms with E-state index in [0.29, 0.717) is 0 Å². The Labute approximate surface area is 78.8 Å². The van der Waals surface area contributed by atoms with Crippen LogP contribution in [0.15, 0.2) is 0 Å². The molecule has 0 atom stereocenters. The number of ether oxygens (including phenoxy) is 2. The monoisotopic (exact) mass is 244 g/mol. The third kappa shape index (κ3) is 4.43. The summed E-state index contributed by atoms with van der Waals surface area (Å²) in [6.45, 7) is 5.09. The van der Waals surface area contributed by atoms with Gasteiger partial charge in [0.15, 0.2) is 6.29 Å². The summed E-state index contributed by atoms with van der Waals surface area (Å²) in [6.07, 6.45) is 0.708. The Morgan fingerprint density at radius 2 is 1.78 bits per heavy atom. The fourth-order valence-corrected chi connectivity index (χ4v) is 0.574. The molecule has 1 aliphatic heterocycles. The zero-order valence-corrected chi connectivity index (χ0v) is 9.86. The maximum atomic E-state index is 5.02. The first-order valence-corrected chi connectivity index (χ1v) is 2.46. The predicted octanol–water partition coefficient (Wildman–Crippen LogP) is -2.42. The molecule has 0 spiro atoms. The maximum absolute atomic E-state index is 5.02. The molecule has 0 aromatic rings. The first-order valence-electron chi connectivity index (χ1n) is 2.46. The molecule has 1 aliphatic rings. The molecular formula is C5H9BrO2Zn-. The first kappa shape index (κ1) is 12.7. The van der Waals surface area contributed by atoms with Crippen molar-refractivity contribution >= 4 is 0 Å². The Morgan fingerprint density at radius 1 is 1.33 bits per heavy atom. The Morgan fingerprint density at radius 3 is 2.00 bits per heavy atom. The van der Waals surface area contributed by atoms with Crippen molar-refractivity contribution in [3.63, 3.8) is 0 Å². The van der Waals surface area contributed by atoms with Crippen molar-refractivity contribution in [1.29, 1.82) is 0 Å².